The summed E-state index contributed by atoms with van der Waals surface area (Å²) >= 11 is 1.16. The molecule has 0 atom stereocenters. The van der Waals surface area contributed by atoms with Gasteiger partial charge in [0.2, 0.25) is 5.12 Å². The highest BCUT2D eigenvalue weighted by Gasteiger charge is 2.23. The highest BCUT2D eigenvalue weighted by molar-refractivity contribution is 8.27. The van der Waals surface area contributed by atoms with Crippen LogP contribution in [0.4, 0.5) is 0 Å². The van der Waals surface area contributed by atoms with Crippen LogP contribution in [0.25, 0.3) is 6.08 Å². The molecular formula is C15H11NO2S. The number of benzene rings is 1. The molecule has 4 heteroatoms. The Morgan fingerprint density at radius 1 is 1.21 bits per heavy atom. The fraction of sp³-hybridized carbons (Fsp3) is 0.0667. The number of thioether (sulfide) groups is 1. The van der Waals surface area contributed by atoms with Gasteiger partial charge in [-0.25, -0.2) is 4.99 Å². The summed E-state index contributed by atoms with van der Waals surface area (Å²) in [6.07, 6.45) is 3.24. The van der Waals surface area contributed by atoms with E-state index in [1.165, 1.54) is 5.56 Å². The molecule has 0 amide bonds. The quantitative estimate of drug-likeness (QED) is 0.781. The average molecular weight is 269 g/mol. The molecule has 2 heterocycles. The largest absolute Gasteiger partial charge is 0.465 e. The van der Waals surface area contributed by atoms with E-state index >= 15 is 0 Å². The average Bonchev–Trinajstić information content (AvgIpc) is 3.02. The maximum absolute atomic E-state index is 11.9. The predicted molar refractivity (Wildman–Crippen MR) is 77.0 cm³/mol. The molecule has 0 spiro atoms. The lowest BCUT2D eigenvalue weighted by atomic mass is 10.2. The van der Waals surface area contributed by atoms with Gasteiger partial charge in [-0.1, -0.05) is 29.8 Å². The van der Waals surface area contributed by atoms with Crippen LogP contribution < -0.4 is 0 Å². The molecular weight excluding hydrogens is 258 g/mol. The van der Waals surface area contributed by atoms with E-state index in [9.17, 15) is 4.79 Å². The second kappa shape index (κ2) is 4.90. The Morgan fingerprint density at radius 2 is 2.00 bits per heavy atom. The Hall–Kier alpha value is -2.07. The Kier molecular flexibility index (Phi) is 3.09. The normalized spacial score (nSPS) is 17.0. The molecule has 0 fully saturated rings. The molecule has 0 N–H and O–H groups in total. The summed E-state index contributed by atoms with van der Waals surface area (Å²) in [5.74, 6) is 0.637. The monoisotopic (exact) mass is 269 g/mol. The van der Waals surface area contributed by atoms with E-state index in [4.69, 9.17) is 4.42 Å². The third kappa shape index (κ3) is 2.53. The molecule has 3 rings (SSSR count). The van der Waals surface area contributed by atoms with Gasteiger partial charge in [0, 0.05) is 11.6 Å². The lowest BCUT2D eigenvalue weighted by Gasteiger charge is -1.98. The van der Waals surface area contributed by atoms with Crippen molar-refractivity contribution in [1.29, 1.82) is 0 Å². The Bertz CT molecular complexity index is 667. The van der Waals surface area contributed by atoms with Gasteiger partial charge in [0.05, 0.1) is 6.26 Å². The van der Waals surface area contributed by atoms with Crippen LogP contribution in [-0.2, 0) is 4.79 Å². The van der Waals surface area contributed by atoms with Crippen molar-refractivity contribution >= 4 is 28.0 Å². The van der Waals surface area contributed by atoms with Crippen LogP contribution >= 0.6 is 11.8 Å². The van der Waals surface area contributed by atoms with E-state index in [0.717, 1.165) is 22.4 Å². The number of hydrogen-bond donors (Lipinski definition) is 0. The summed E-state index contributed by atoms with van der Waals surface area (Å²) in [6.45, 7) is 2.03. The van der Waals surface area contributed by atoms with Gasteiger partial charge in [-0.15, -0.1) is 0 Å². The summed E-state index contributed by atoms with van der Waals surface area (Å²) in [5, 5.41) is 0.690. The topological polar surface area (TPSA) is 42.6 Å². The Morgan fingerprint density at radius 3 is 2.68 bits per heavy atom. The maximum atomic E-state index is 11.9. The zero-order chi connectivity index (χ0) is 13.2. The van der Waals surface area contributed by atoms with Crippen molar-refractivity contribution in [2.24, 2.45) is 4.99 Å². The lowest BCUT2D eigenvalue weighted by Crippen LogP contribution is -1.92. The molecule has 0 saturated heterocycles. The first kappa shape index (κ1) is 12.0. The molecule has 19 heavy (non-hydrogen) atoms. The van der Waals surface area contributed by atoms with E-state index in [1.54, 1.807) is 24.5 Å². The molecule has 0 unspecified atom stereocenters. The van der Waals surface area contributed by atoms with Crippen LogP contribution in [0.15, 0.2) is 57.8 Å². The molecule has 0 radical (unpaired) electrons. The van der Waals surface area contributed by atoms with Crippen molar-refractivity contribution in [2.75, 3.05) is 0 Å². The number of nitrogens with zero attached hydrogens (tertiary/aromatic N) is 1. The second-order valence-electron chi connectivity index (χ2n) is 4.22. The first-order valence-corrected chi connectivity index (χ1v) is 6.67. The number of aliphatic imine (C=N–C) groups is 1. The SMILES string of the molecule is Cc1ccc(C2=N/C(=C/c3ccco3)C(=O)S2)cc1. The molecule has 1 aromatic heterocycles. The Balaban J connectivity index is 1.93. The maximum Gasteiger partial charge on any atom is 0.244 e. The summed E-state index contributed by atoms with van der Waals surface area (Å²) in [6, 6.07) is 11.6. The predicted octanol–water partition coefficient (Wildman–Crippen LogP) is 3.65. The van der Waals surface area contributed by atoms with E-state index in [1.807, 2.05) is 31.2 Å². The van der Waals surface area contributed by atoms with Gasteiger partial charge < -0.3 is 4.42 Å². The van der Waals surface area contributed by atoms with Crippen molar-refractivity contribution < 1.29 is 9.21 Å². The number of aryl methyl sites for hydroxylation is 1. The third-order valence-electron chi connectivity index (χ3n) is 2.74. The van der Waals surface area contributed by atoms with Gasteiger partial charge in [-0.2, -0.15) is 0 Å². The number of hydrogen-bond acceptors (Lipinski definition) is 4. The number of carbonyl (C=O) groups is 1. The first-order chi connectivity index (χ1) is 9.22. The molecule has 1 aliphatic heterocycles. The van der Waals surface area contributed by atoms with Crippen LogP contribution in [0.1, 0.15) is 16.9 Å². The number of furan rings is 1. The standard InChI is InChI=1S/C15H11NO2S/c1-10-4-6-11(7-5-10)14-16-13(15(17)19-14)9-12-3-2-8-18-12/h2-9H,1H3/b13-9+. The number of carbonyl (C=O) groups excluding carboxylic acids is 1. The minimum atomic E-state index is -0.0491. The van der Waals surface area contributed by atoms with Gasteiger partial charge in [0.15, 0.2) is 0 Å². The lowest BCUT2D eigenvalue weighted by molar-refractivity contribution is -0.107. The molecule has 0 aliphatic carbocycles. The highest BCUT2D eigenvalue weighted by Crippen LogP contribution is 2.29. The number of rotatable bonds is 2. The molecule has 3 nitrogen and oxygen atoms in total. The second-order valence-corrected chi connectivity index (χ2v) is 5.18. The molecule has 0 saturated carbocycles. The minimum Gasteiger partial charge on any atom is -0.465 e. The van der Waals surface area contributed by atoms with Crippen molar-refractivity contribution in [3.8, 4) is 0 Å². The van der Waals surface area contributed by atoms with Crippen LogP contribution in [0, 0.1) is 6.92 Å². The molecule has 0 bridgehead atoms. The van der Waals surface area contributed by atoms with Crippen molar-refractivity contribution in [3.63, 3.8) is 0 Å². The zero-order valence-electron chi connectivity index (χ0n) is 10.3. The summed E-state index contributed by atoms with van der Waals surface area (Å²) in [7, 11) is 0. The van der Waals surface area contributed by atoms with Gasteiger partial charge in [-0.05, 0) is 30.8 Å². The molecule has 1 aliphatic rings. The fourth-order valence-corrected chi connectivity index (χ4v) is 2.52. The molecule has 2 aromatic rings. The van der Waals surface area contributed by atoms with Gasteiger partial charge in [-0.3, -0.25) is 4.79 Å². The van der Waals surface area contributed by atoms with Gasteiger partial charge >= 0.3 is 0 Å². The van der Waals surface area contributed by atoms with Gasteiger partial charge in [0.25, 0.3) is 0 Å². The van der Waals surface area contributed by atoms with Crippen molar-refractivity contribution in [3.05, 3.63) is 65.2 Å². The van der Waals surface area contributed by atoms with E-state index in [2.05, 4.69) is 4.99 Å². The summed E-state index contributed by atoms with van der Waals surface area (Å²) < 4.78 is 5.19. The van der Waals surface area contributed by atoms with E-state index < -0.39 is 0 Å². The van der Waals surface area contributed by atoms with Crippen LogP contribution in [0.3, 0.4) is 0 Å². The first-order valence-electron chi connectivity index (χ1n) is 5.85. The van der Waals surface area contributed by atoms with Crippen LogP contribution in [-0.4, -0.2) is 10.2 Å². The van der Waals surface area contributed by atoms with Crippen LogP contribution in [0.5, 0.6) is 0 Å². The molecule has 94 valence electrons. The third-order valence-corrected chi connectivity index (χ3v) is 3.66. The van der Waals surface area contributed by atoms with Gasteiger partial charge in [0.1, 0.15) is 16.5 Å². The fourth-order valence-electron chi connectivity index (χ4n) is 1.74. The van der Waals surface area contributed by atoms with Crippen LogP contribution in [0.2, 0.25) is 0 Å². The van der Waals surface area contributed by atoms with Crippen molar-refractivity contribution in [2.45, 2.75) is 6.92 Å². The van der Waals surface area contributed by atoms with E-state index in [0.29, 0.717) is 11.5 Å². The Labute approximate surface area is 115 Å². The summed E-state index contributed by atoms with van der Waals surface area (Å²) in [5.41, 5.74) is 2.58. The summed E-state index contributed by atoms with van der Waals surface area (Å²) in [4.78, 5) is 16.3. The zero-order valence-corrected chi connectivity index (χ0v) is 11.1. The minimum absolute atomic E-state index is 0.0491. The highest BCUT2D eigenvalue weighted by atomic mass is 32.2. The smallest absolute Gasteiger partial charge is 0.244 e. The molecule has 1 aromatic carbocycles. The van der Waals surface area contributed by atoms with E-state index in [-0.39, 0.29) is 5.12 Å². The van der Waals surface area contributed by atoms with Crippen molar-refractivity contribution in [1.82, 2.24) is 0 Å².